The molecule has 0 spiro atoms. The van der Waals surface area contributed by atoms with Crippen molar-refractivity contribution < 1.29 is 22.3 Å². The summed E-state index contributed by atoms with van der Waals surface area (Å²) in [5.74, 6) is -0.527. The van der Waals surface area contributed by atoms with E-state index in [2.05, 4.69) is 4.90 Å². The van der Waals surface area contributed by atoms with Gasteiger partial charge in [-0.3, -0.25) is 0 Å². The van der Waals surface area contributed by atoms with E-state index < -0.39 is 15.7 Å². The van der Waals surface area contributed by atoms with Crippen molar-refractivity contribution in [3.8, 4) is 0 Å². The van der Waals surface area contributed by atoms with Crippen LogP contribution in [0.5, 0.6) is 0 Å². The largest absolute Gasteiger partial charge is 0.459 e. The summed E-state index contributed by atoms with van der Waals surface area (Å²) in [6.45, 7) is 2.58. The summed E-state index contributed by atoms with van der Waals surface area (Å²) >= 11 is 0. The Hall–Kier alpha value is -1.60. The van der Waals surface area contributed by atoms with Gasteiger partial charge >= 0.3 is 0 Å². The first kappa shape index (κ1) is 17.2. The molecule has 0 bridgehead atoms. The average Bonchev–Trinajstić information content (AvgIpc) is 3.06. The van der Waals surface area contributed by atoms with Gasteiger partial charge in [-0.25, -0.2) is 12.8 Å². The molecule has 1 aromatic carbocycles. The van der Waals surface area contributed by atoms with E-state index >= 15 is 0 Å². The van der Waals surface area contributed by atoms with E-state index in [9.17, 15) is 12.8 Å². The highest BCUT2D eigenvalue weighted by atomic mass is 32.2. The van der Waals surface area contributed by atoms with Gasteiger partial charge in [-0.05, 0) is 43.5 Å². The molecule has 2 aliphatic heterocycles. The molecule has 0 radical (unpaired) electrons. The van der Waals surface area contributed by atoms with Gasteiger partial charge in [0, 0.05) is 19.2 Å². The van der Waals surface area contributed by atoms with Gasteiger partial charge in [0.05, 0.1) is 0 Å². The minimum Gasteiger partial charge on any atom is -0.459 e. The van der Waals surface area contributed by atoms with Crippen molar-refractivity contribution in [1.82, 2.24) is 4.90 Å². The van der Waals surface area contributed by atoms with E-state index in [1.165, 1.54) is 6.07 Å². The van der Waals surface area contributed by atoms with E-state index in [0.29, 0.717) is 5.56 Å². The number of likely N-dealkylation sites (tertiary alicyclic amines) is 1. The molecule has 0 aliphatic carbocycles. The van der Waals surface area contributed by atoms with Gasteiger partial charge in [0.2, 0.25) is 6.29 Å². The monoisotopic (exact) mass is 355 g/mol. The summed E-state index contributed by atoms with van der Waals surface area (Å²) in [7, 11) is -3.54. The van der Waals surface area contributed by atoms with Crippen molar-refractivity contribution in [3.63, 3.8) is 0 Å². The van der Waals surface area contributed by atoms with Crippen LogP contribution in [-0.2, 0) is 19.3 Å². The Kier molecular flexibility index (Phi) is 5.10. The summed E-state index contributed by atoms with van der Waals surface area (Å²) in [5, 5.41) is 0. The summed E-state index contributed by atoms with van der Waals surface area (Å²) in [4.78, 5) is 2.10. The molecule has 2 aliphatic rings. The maximum absolute atomic E-state index is 14.6. The number of ether oxygens (including phenoxy) is 2. The number of hydrogen-bond donors (Lipinski definition) is 0. The molecule has 0 N–H and O–H groups in total. The molecule has 0 aromatic heterocycles. The van der Waals surface area contributed by atoms with E-state index in [1.54, 1.807) is 24.7 Å². The fraction of sp³-hybridized carbons (Fsp3) is 0.529. The van der Waals surface area contributed by atoms with Crippen LogP contribution < -0.4 is 0 Å². The second kappa shape index (κ2) is 7.11. The lowest BCUT2D eigenvalue weighted by atomic mass is 9.89. The Morgan fingerprint density at radius 3 is 2.50 bits per heavy atom. The van der Waals surface area contributed by atoms with Crippen molar-refractivity contribution >= 4 is 9.84 Å². The molecule has 5 nitrogen and oxygen atoms in total. The van der Waals surface area contributed by atoms with Gasteiger partial charge in [0.15, 0.2) is 9.84 Å². The zero-order valence-electron chi connectivity index (χ0n) is 13.7. The molecular weight excluding hydrogens is 333 g/mol. The summed E-state index contributed by atoms with van der Waals surface area (Å²) in [5.41, 5.74) is 0.518. The highest BCUT2D eigenvalue weighted by Crippen LogP contribution is 2.32. The van der Waals surface area contributed by atoms with Crippen LogP contribution in [0.15, 0.2) is 35.6 Å². The minimum absolute atomic E-state index is 0.0589. The summed E-state index contributed by atoms with van der Waals surface area (Å²) in [6.07, 6.45) is 6.36. The van der Waals surface area contributed by atoms with E-state index in [0.717, 1.165) is 45.2 Å². The molecule has 2 heterocycles. The molecular formula is C17H22FNO4S. The molecule has 0 amide bonds. The zero-order valence-corrected chi connectivity index (χ0v) is 14.5. The van der Waals surface area contributed by atoms with Crippen LogP contribution in [0.1, 0.15) is 30.7 Å². The highest BCUT2D eigenvalue weighted by molar-refractivity contribution is 7.90. The topological polar surface area (TPSA) is 55.8 Å². The molecule has 1 aromatic rings. The first-order chi connectivity index (χ1) is 11.4. The summed E-state index contributed by atoms with van der Waals surface area (Å²) in [6, 6.07) is 4.66. The fourth-order valence-electron chi connectivity index (χ4n) is 3.29. The molecule has 3 rings (SSSR count). The normalized spacial score (nSPS) is 20.1. The zero-order chi connectivity index (χ0) is 17.2. The predicted octanol–water partition coefficient (Wildman–Crippen LogP) is 2.64. The Balaban J connectivity index is 1.58. The average molecular weight is 355 g/mol. The van der Waals surface area contributed by atoms with Gasteiger partial charge < -0.3 is 14.4 Å². The van der Waals surface area contributed by atoms with Crippen molar-refractivity contribution in [2.45, 2.75) is 36.4 Å². The Morgan fingerprint density at radius 2 is 1.88 bits per heavy atom. The first-order valence-corrected chi connectivity index (χ1v) is 10.0. The second-order valence-corrected chi connectivity index (χ2v) is 8.29. The molecule has 0 atom stereocenters. The number of halogens is 1. The van der Waals surface area contributed by atoms with E-state index in [4.69, 9.17) is 9.47 Å². The van der Waals surface area contributed by atoms with Crippen molar-refractivity contribution in [1.29, 1.82) is 0 Å². The Morgan fingerprint density at radius 1 is 1.21 bits per heavy atom. The maximum atomic E-state index is 14.6. The van der Waals surface area contributed by atoms with Crippen LogP contribution in [-0.4, -0.2) is 45.5 Å². The van der Waals surface area contributed by atoms with Gasteiger partial charge in [-0.2, -0.15) is 0 Å². The van der Waals surface area contributed by atoms with Crippen molar-refractivity contribution in [2.24, 2.45) is 0 Å². The van der Waals surface area contributed by atoms with Gasteiger partial charge in [0.25, 0.3) is 0 Å². The van der Waals surface area contributed by atoms with E-state index in [1.807, 2.05) is 0 Å². The summed E-state index contributed by atoms with van der Waals surface area (Å²) < 4.78 is 48.4. The molecule has 1 saturated heterocycles. The smallest absolute Gasteiger partial charge is 0.240 e. The molecule has 0 saturated carbocycles. The Bertz CT molecular complexity index is 703. The number of rotatable bonds is 5. The molecule has 24 heavy (non-hydrogen) atoms. The van der Waals surface area contributed by atoms with Crippen LogP contribution >= 0.6 is 0 Å². The predicted molar refractivity (Wildman–Crippen MR) is 87.6 cm³/mol. The number of nitrogens with zero attached hydrogens (tertiary/aromatic N) is 1. The quantitative estimate of drug-likeness (QED) is 0.813. The van der Waals surface area contributed by atoms with Gasteiger partial charge in [-0.1, -0.05) is 12.1 Å². The standard InChI is InChI=1S/C17H22FNO4S/c1-24(20,21)15-4-2-3-14(17(15)18)13-5-8-19(9-6-13)10-7-16-22-11-12-23-16/h2-4,11-13,16H,5-10H2,1H3. The van der Waals surface area contributed by atoms with Crippen LogP contribution in [0.2, 0.25) is 0 Å². The highest BCUT2D eigenvalue weighted by Gasteiger charge is 2.26. The third kappa shape index (κ3) is 3.89. The van der Waals surface area contributed by atoms with Crippen LogP contribution in [0, 0.1) is 5.82 Å². The molecule has 132 valence electrons. The SMILES string of the molecule is CS(=O)(=O)c1cccc(C2CCN(CCC3OC=CO3)CC2)c1F. The van der Waals surface area contributed by atoms with E-state index in [-0.39, 0.29) is 17.1 Å². The van der Waals surface area contributed by atoms with Gasteiger partial charge in [-0.15, -0.1) is 0 Å². The lowest BCUT2D eigenvalue weighted by molar-refractivity contribution is -0.0346. The lowest BCUT2D eigenvalue weighted by Crippen LogP contribution is -2.35. The van der Waals surface area contributed by atoms with Crippen molar-refractivity contribution in [2.75, 3.05) is 25.9 Å². The molecule has 0 unspecified atom stereocenters. The third-order valence-corrected chi connectivity index (χ3v) is 5.73. The number of sulfone groups is 1. The number of piperidine rings is 1. The molecule has 1 fully saturated rings. The molecule has 7 heteroatoms. The first-order valence-electron chi connectivity index (χ1n) is 8.12. The maximum Gasteiger partial charge on any atom is 0.240 e. The van der Waals surface area contributed by atoms with Crippen molar-refractivity contribution in [3.05, 3.63) is 42.1 Å². The third-order valence-electron chi connectivity index (χ3n) is 4.62. The van der Waals surface area contributed by atoms with Crippen LogP contribution in [0.4, 0.5) is 4.39 Å². The minimum atomic E-state index is -3.54. The van der Waals surface area contributed by atoms with Crippen LogP contribution in [0.25, 0.3) is 0 Å². The number of benzene rings is 1. The number of hydrogen-bond acceptors (Lipinski definition) is 5. The lowest BCUT2D eigenvalue weighted by Gasteiger charge is -2.32. The fourth-order valence-corrected chi connectivity index (χ4v) is 4.06. The van der Waals surface area contributed by atoms with Crippen LogP contribution in [0.3, 0.4) is 0 Å². The Labute approximate surface area is 142 Å². The van der Waals surface area contributed by atoms with Gasteiger partial charge in [0.1, 0.15) is 23.2 Å². The second-order valence-electron chi connectivity index (χ2n) is 6.31.